The molecule has 2 atom stereocenters. The topological polar surface area (TPSA) is 68.2 Å². The lowest BCUT2D eigenvalue weighted by molar-refractivity contribution is -0.243. The van der Waals surface area contributed by atoms with E-state index in [-0.39, 0.29) is 6.42 Å². The van der Waals surface area contributed by atoms with Gasteiger partial charge in [-0.15, -0.1) is 0 Å². The van der Waals surface area contributed by atoms with E-state index >= 15 is 0 Å². The average Bonchev–Trinajstić information content (AvgIpc) is 2.94. The first kappa shape index (κ1) is 16.2. The Morgan fingerprint density at radius 3 is 2.32 bits per heavy atom. The van der Waals surface area contributed by atoms with E-state index in [1.54, 1.807) is 19.2 Å². The van der Waals surface area contributed by atoms with Crippen LogP contribution < -0.4 is 14.2 Å². The van der Waals surface area contributed by atoms with Gasteiger partial charge >= 0.3 is 0 Å². The standard InChI is InChI=1S/C20H22O5/c1-11(2)12-5-6-14-16(7-12)25-20(22)15-9-18(24-4)17(23-3)8-13(15)10-19(14,20)21/h5-9,11,21-22H,10H2,1-4H3. The molecule has 0 aromatic heterocycles. The van der Waals surface area contributed by atoms with Crippen LogP contribution in [0.3, 0.4) is 0 Å². The van der Waals surface area contributed by atoms with Crippen molar-refractivity contribution in [1.29, 1.82) is 0 Å². The lowest BCUT2D eigenvalue weighted by Gasteiger charge is -2.30. The molecule has 0 saturated heterocycles. The van der Waals surface area contributed by atoms with Gasteiger partial charge in [0.15, 0.2) is 17.1 Å². The third-order valence-electron chi connectivity index (χ3n) is 5.36. The summed E-state index contributed by atoms with van der Waals surface area (Å²) < 4.78 is 16.6. The molecule has 0 amide bonds. The van der Waals surface area contributed by atoms with Gasteiger partial charge in [0, 0.05) is 17.5 Å². The molecule has 0 spiro atoms. The first-order valence-corrected chi connectivity index (χ1v) is 8.37. The maximum Gasteiger partial charge on any atom is 0.269 e. The van der Waals surface area contributed by atoms with E-state index < -0.39 is 11.4 Å². The number of benzene rings is 2. The zero-order valence-corrected chi connectivity index (χ0v) is 14.8. The Labute approximate surface area is 146 Å². The molecular formula is C20H22O5. The van der Waals surface area contributed by atoms with Crippen LogP contribution in [0.1, 0.15) is 42.0 Å². The Kier molecular flexibility index (Phi) is 3.33. The van der Waals surface area contributed by atoms with E-state index in [0.29, 0.717) is 34.3 Å². The summed E-state index contributed by atoms with van der Waals surface area (Å²) in [5.41, 5.74) is 1.46. The first-order valence-electron chi connectivity index (χ1n) is 8.37. The van der Waals surface area contributed by atoms with Gasteiger partial charge in [0.2, 0.25) is 0 Å². The van der Waals surface area contributed by atoms with E-state index in [0.717, 1.165) is 11.1 Å². The van der Waals surface area contributed by atoms with E-state index in [1.807, 2.05) is 18.2 Å². The molecule has 0 bridgehead atoms. The minimum atomic E-state index is -1.83. The third-order valence-corrected chi connectivity index (χ3v) is 5.36. The van der Waals surface area contributed by atoms with Crippen molar-refractivity contribution >= 4 is 0 Å². The smallest absolute Gasteiger partial charge is 0.269 e. The molecular weight excluding hydrogens is 320 g/mol. The number of hydrogen-bond acceptors (Lipinski definition) is 5. The second-order valence-corrected chi connectivity index (χ2v) is 7.06. The molecule has 1 heterocycles. The maximum absolute atomic E-state index is 11.4. The molecule has 2 unspecified atom stereocenters. The Bertz CT molecular complexity index is 859. The lowest BCUT2D eigenvalue weighted by atomic mass is 9.87. The van der Waals surface area contributed by atoms with Gasteiger partial charge in [0.1, 0.15) is 5.75 Å². The number of rotatable bonds is 3. The highest BCUT2D eigenvalue weighted by Crippen LogP contribution is 2.59. The normalized spacial score (nSPS) is 26.0. The van der Waals surface area contributed by atoms with Crippen molar-refractivity contribution in [3.05, 3.63) is 52.6 Å². The fraction of sp³-hybridized carbons (Fsp3) is 0.400. The van der Waals surface area contributed by atoms with Crippen LogP contribution in [0.15, 0.2) is 30.3 Å². The molecule has 2 N–H and O–H groups in total. The van der Waals surface area contributed by atoms with Gasteiger partial charge in [-0.2, -0.15) is 0 Å². The van der Waals surface area contributed by atoms with Crippen LogP contribution in [0.25, 0.3) is 0 Å². The summed E-state index contributed by atoms with van der Waals surface area (Å²) in [6.45, 7) is 4.18. The van der Waals surface area contributed by atoms with Gasteiger partial charge in [0.05, 0.1) is 14.2 Å². The number of aliphatic hydroxyl groups is 2. The van der Waals surface area contributed by atoms with E-state index in [1.165, 1.54) is 7.11 Å². The summed E-state index contributed by atoms with van der Waals surface area (Å²) >= 11 is 0. The lowest BCUT2D eigenvalue weighted by Crippen LogP contribution is -2.45. The van der Waals surface area contributed by atoms with E-state index in [4.69, 9.17) is 14.2 Å². The SMILES string of the molecule is COc1cc2c(cc1OC)C1(O)Oc3cc(C(C)C)ccc3C1(O)C2. The summed E-state index contributed by atoms with van der Waals surface area (Å²) in [7, 11) is 3.09. The second-order valence-electron chi connectivity index (χ2n) is 7.06. The van der Waals surface area contributed by atoms with Crippen molar-refractivity contribution in [3.8, 4) is 17.2 Å². The highest BCUT2D eigenvalue weighted by atomic mass is 16.7. The molecule has 0 fully saturated rings. The van der Waals surface area contributed by atoms with E-state index in [9.17, 15) is 10.2 Å². The summed E-state index contributed by atoms with van der Waals surface area (Å²) in [5, 5.41) is 22.7. The zero-order valence-electron chi connectivity index (χ0n) is 14.8. The molecule has 2 aromatic carbocycles. The molecule has 132 valence electrons. The first-order chi connectivity index (χ1) is 11.8. The van der Waals surface area contributed by atoms with Crippen molar-refractivity contribution in [2.24, 2.45) is 0 Å². The van der Waals surface area contributed by atoms with Gasteiger partial charge in [-0.1, -0.05) is 26.0 Å². The van der Waals surface area contributed by atoms with Crippen molar-refractivity contribution in [2.75, 3.05) is 14.2 Å². The van der Waals surface area contributed by atoms with Gasteiger partial charge < -0.3 is 24.4 Å². The van der Waals surface area contributed by atoms with Crippen LogP contribution in [-0.2, 0) is 17.8 Å². The van der Waals surface area contributed by atoms with Gasteiger partial charge in [0.25, 0.3) is 5.79 Å². The van der Waals surface area contributed by atoms with E-state index in [2.05, 4.69) is 13.8 Å². The maximum atomic E-state index is 11.4. The highest BCUT2D eigenvalue weighted by molar-refractivity contribution is 5.59. The molecule has 1 aliphatic carbocycles. The minimum absolute atomic E-state index is 0.243. The molecule has 5 heteroatoms. The van der Waals surface area contributed by atoms with Crippen LogP contribution in [0.5, 0.6) is 17.2 Å². The molecule has 25 heavy (non-hydrogen) atoms. The van der Waals surface area contributed by atoms with Crippen LogP contribution in [0, 0.1) is 0 Å². The molecule has 0 saturated carbocycles. The number of methoxy groups -OCH3 is 2. The van der Waals surface area contributed by atoms with Gasteiger partial charge in [-0.3, -0.25) is 0 Å². The van der Waals surface area contributed by atoms with Crippen molar-refractivity contribution < 1.29 is 24.4 Å². The Morgan fingerprint density at radius 1 is 1.00 bits per heavy atom. The zero-order chi connectivity index (χ0) is 18.0. The second kappa shape index (κ2) is 5.13. The monoisotopic (exact) mass is 342 g/mol. The Morgan fingerprint density at radius 2 is 1.68 bits per heavy atom. The number of hydrogen-bond donors (Lipinski definition) is 2. The molecule has 4 rings (SSSR count). The van der Waals surface area contributed by atoms with Gasteiger partial charge in [-0.25, -0.2) is 0 Å². The molecule has 5 nitrogen and oxygen atoms in total. The highest BCUT2D eigenvalue weighted by Gasteiger charge is 2.65. The fourth-order valence-corrected chi connectivity index (χ4v) is 3.90. The van der Waals surface area contributed by atoms with Crippen LogP contribution in [-0.4, -0.2) is 24.4 Å². The third kappa shape index (κ3) is 1.96. The Balaban J connectivity index is 1.87. The van der Waals surface area contributed by atoms with Crippen LogP contribution >= 0.6 is 0 Å². The Hall–Kier alpha value is -2.24. The van der Waals surface area contributed by atoms with Crippen molar-refractivity contribution in [2.45, 2.75) is 37.6 Å². The number of fused-ring (bicyclic) bond motifs is 5. The molecule has 1 aliphatic heterocycles. The quantitative estimate of drug-likeness (QED) is 0.898. The molecule has 2 aromatic rings. The largest absolute Gasteiger partial charge is 0.493 e. The van der Waals surface area contributed by atoms with Crippen molar-refractivity contribution in [1.82, 2.24) is 0 Å². The molecule has 2 aliphatic rings. The summed E-state index contributed by atoms with van der Waals surface area (Å²) in [5.74, 6) is 0.0665. The fourth-order valence-electron chi connectivity index (χ4n) is 3.90. The molecule has 0 radical (unpaired) electrons. The van der Waals surface area contributed by atoms with Crippen molar-refractivity contribution in [3.63, 3.8) is 0 Å². The van der Waals surface area contributed by atoms with Gasteiger partial charge in [-0.05, 0) is 35.2 Å². The predicted octanol–water partition coefficient (Wildman–Crippen LogP) is 2.81. The average molecular weight is 342 g/mol. The number of ether oxygens (including phenoxy) is 3. The van der Waals surface area contributed by atoms with Crippen LogP contribution in [0.2, 0.25) is 0 Å². The predicted molar refractivity (Wildman–Crippen MR) is 92.2 cm³/mol. The minimum Gasteiger partial charge on any atom is -0.493 e. The summed E-state index contributed by atoms with van der Waals surface area (Å²) in [6.07, 6.45) is 0.243. The van der Waals surface area contributed by atoms with Crippen LogP contribution in [0.4, 0.5) is 0 Å². The summed E-state index contributed by atoms with van der Waals surface area (Å²) in [4.78, 5) is 0. The summed E-state index contributed by atoms with van der Waals surface area (Å²) in [6, 6.07) is 9.19.